The summed E-state index contributed by atoms with van der Waals surface area (Å²) in [5.74, 6) is 1.17. The summed E-state index contributed by atoms with van der Waals surface area (Å²) in [4.78, 5) is 12.3. The molecule has 142 valence electrons. The van der Waals surface area contributed by atoms with E-state index < -0.39 is 6.10 Å². The van der Waals surface area contributed by atoms with Crippen LogP contribution >= 0.6 is 0 Å². The molecule has 0 aromatic heterocycles. The highest BCUT2D eigenvalue weighted by atomic mass is 16.7. The molecule has 4 rings (SSSR count). The smallest absolute Gasteiger partial charge is 0.251 e. The molecule has 0 fully saturated rings. The maximum atomic E-state index is 12.3. The molecule has 0 bridgehead atoms. The first-order valence-corrected chi connectivity index (χ1v) is 9.22. The second kappa shape index (κ2) is 8.15. The number of hydrogen-bond donors (Lipinski definition) is 2. The molecule has 3 aromatic rings. The Bertz CT molecular complexity index is 954. The molecule has 0 saturated carbocycles. The number of carbonyl (C=O) groups is 1. The van der Waals surface area contributed by atoms with E-state index >= 15 is 0 Å². The molecule has 0 radical (unpaired) electrons. The number of nitrogens with one attached hydrogen (secondary N) is 1. The van der Waals surface area contributed by atoms with Gasteiger partial charge >= 0.3 is 0 Å². The highest BCUT2D eigenvalue weighted by Gasteiger charge is 2.16. The lowest BCUT2D eigenvalue weighted by atomic mass is 10.0. The molecule has 1 unspecified atom stereocenters. The second-order valence-corrected chi connectivity index (χ2v) is 6.62. The Labute approximate surface area is 163 Å². The van der Waals surface area contributed by atoms with Crippen molar-refractivity contribution in [1.29, 1.82) is 0 Å². The average molecular weight is 375 g/mol. The summed E-state index contributed by atoms with van der Waals surface area (Å²) in [7, 11) is 0. The molecule has 0 aliphatic carbocycles. The molecule has 28 heavy (non-hydrogen) atoms. The van der Waals surface area contributed by atoms with Gasteiger partial charge in [-0.1, -0.05) is 48.5 Å². The van der Waals surface area contributed by atoms with Crippen LogP contribution in [0.15, 0.2) is 72.8 Å². The molecule has 2 N–H and O–H groups in total. The number of aliphatic hydroxyl groups is 1. The van der Waals surface area contributed by atoms with Gasteiger partial charge in [0, 0.05) is 12.1 Å². The number of carbonyl (C=O) groups excluding carboxylic acids is 1. The minimum atomic E-state index is -0.685. The van der Waals surface area contributed by atoms with Gasteiger partial charge < -0.3 is 19.9 Å². The highest BCUT2D eigenvalue weighted by molar-refractivity contribution is 5.94. The third-order valence-corrected chi connectivity index (χ3v) is 4.74. The van der Waals surface area contributed by atoms with Crippen LogP contribution in [0, 0.1) is 0 Å². The number of benzene rings is 3. The fourth-order valence-corrected chi connectivity index (χ4v) is 3.16. The van der Waals surface area contributed by atoms with Crippen LogP contribution in [-0.2, 0) is 0 Å². The molecule has 0 saturated heterocycles. The summed E-state index contributed by atoms with van der Waals surface area (Å²) in [6.07, 6.45) is -0.275. The zero-order valence-corrected chi connectivity index (χ0v) is 15.3. The molecule has 1 amide bonds. The third kappa shape index (κ3) is 4.00. The molecule has 3 aromatic carbocycles. The predicted molar refractivity (Wildman–Crippen MR) is 106 cm³/mol. The Morgan fingerprint density at radius 2 is 1.64 bits per heavy atom. The van der Waals surface area contributed by atoms with E-state index in [0.29, 0.717) is 30.0 Å². The lowest BCUT2D eigenvalue weighted by Gasteiger charge is -2.12. The summed E-state index contributed by atoms with van der Waals surface area (Å²) >= 11 is 0. The van der Waals surface area contributed by atoms with Crippen molar-refractivity contribution in [3.05, 3.63) is 83.9 Å². The molecule has 1 heterocycles. The van der Waals surface area contributed by atoms with Crippen molar-refractivity contribution in [3.8, 4) is 22.6 Å². The fraction of sp³-hybridized carbons (Fsp3) is 0.174. The van der Waals surface area contributed by atoms with Crippen molar-refractivity contribution in [3.63, 3.8) is 0 Å². The normalized spacial score (nSPS) is 13.2. The van der Waals surface area contributed by atoms with E-state index in [-0.39, 0.29) is 12.7 Å². The van der Waals surface area contributed by atoms with Gasteiger partial charge in [-0.3, -0.25) is 4.79 Å². The summed E-state index contributed by atoms with van der Waals surface area (Å²) < 4.78 is 10.6. The maximum Gasteiger partial charge on any atom is 0.251 e. The van der Waals surface area contributed by atoms with E-state index in [9.17, 15) is 9.90 Å². The minimum Gasteiger partial charge on any atom is -0.454 e. The average Bonchev–Trinajstić information content (AvgIpc) is 3.22. The molecule has 1 atom stereocenters. The number of amides is 1. The summed E-state index contributed by atoms with van der Waals surface area (Å²) in [5.41, 5.74) is 3.51. The molecule has 1 aliphatic heterocycles. The van der Waals surface area contributed by atoms with E-state index in [1.165, 1.54) is 0 Å². The van der Waals surface area contributed by atoms with E-state index in [0.717, 1.165) is 16.7 Å². The van der Waals surface area contributed by atoms with E-state index in [1.807, 2.05) is 60.7 Å². The Kier molecular flexibility index (Phi) is 5.26. The van der Waals surface area contributed by atoms with Crippen molar-refractivity contribution < 1.29 is 19.4 Å². The molecule has 1 aliphatic rings. The zero-order chi connectivity index (χ0) is 19.3. The Balaban J connectivity index is 1.30. The standard InChI is InChI=1S/C23H21NO4/c25-20(19-10-11-21-22(14-19)28-15-27-21)12-13-24-23(26)18-8-6-17(7-9-18)16-4-2-1-3-5-16/h1-11,14,20,25H,12-13,15H2,(H,24,26). The molecule has 5 heteroatoms. The van der Waals surface area contributed by atoms with Crippen LogP contribution in [0.4, 0.5) is 0 Å². The monoisotopic (exact) mass is 375 g/mol. The maximum absolute atomic E-state index is 12.3. The van der Waals surface area contributed by atoms with Crippen LogP contribution in [0.2, 0.25) is 0 Å². The summed E-state index contributed by atoms with van der Waals surface area (Å²) in [6, 6.07) is 22.9. The van der Waals surface area contributed by atoms with Crippen molar-refractivity contribution in [2.75, 3.05) is 13.3 Å². The van der Waals surface area contributed by atoms with Crippen LogP contribution in [0.25, 0.3) is 11.1 Å². The second-order valence-electron chi connectivity index (χ2n) is 6.62. The lowest BCUT2D eigenvalue weighted by Crippen LogP contribution is -2.25. The van der Waals surface area contributed by atoms with Gasteiger partial charge in [0.2, 0.25) is 6.79 Å². The molecule has 0 spiro atoms. The number of aliphatic hydroxyl groups excluding tert-OH is 1. The first-order valence-electron chi connectivity index (χ1n) is 9.22. The zero-order valence-electron chi connectivity index (χ0n) is 15.3. The molecular weight excluding hydrogens is 354 g/mol. The SMILES string of the molecule is O=C(NCCC(O)c1ccc2c(c1)OCO2)c1ccc(-c2ccccc2)cc1. The Morgan fingerprint density at radius 1 is 0.929 bits per heavy atom. The summed E-state index contributed by atoms with van der Waals surface area (Å²) in [6.45, 7) is 0.572. The van der Waals surface area contributed by atoms with Crippen molar-refractivity contribution >= 4 is 5.91 Å². The van der Waals surface area contributed by atoms with Gasteiger partial charge in [0.05, 0.1) is 6.10 Å². The molecular formula is C23H21NO4. The number of hydrogen-bond acceptors (Lipinski definition) is 4. The Morgan fingerprint density at radius 3 is 2.43 bits per heavy atom. The predicted octanol–water partition coefficient (Wildman–Crippen LogP) is 3.94. The van der Waals surface area contributed by atoms with Gasteiger partial charge in [-0.15, -0.1) is 0 Å². The number of fused-ring (bicyclic) bond motifs is 1. The topological polar surface area (TPSA) is 67.8 Å². The summed E-state index contributed by atoms with van der Waals surface area (Å²) in [5, 5.41) is 13.2. The van der Waals surface area contributed by atoms with Crippen LogP contribution in [0.5, 0.6) is 11.5 Å². The lowest BCUT2D eigenvalue weighted by molar-refractivity contribution is 0.0942. The third-order valence-electron chi connectivity index (χ3n) is 4.74. The van der Waals surface area contributed by atoms with E-state index in [4.69, 9.17) is 9.47 Å². The van der Waals surface area contributed by atoms with Gasteiger partial charge in [-0.05, 0) is 47.4 Å². The first-order chi connectivity index (χ1) is 13.7. The van der Waals surface area contributed by atoms with Crippen LogP contribution in [0.3, 0.4) is 0 Å². The first kappa shape index (κ1) is 18.1. The number of rotatable bonds is 6. The quantitative estimate of drug-likeness (QED) is 0.685. The van der Waals surface area contributed by atoms with Crippen molar-refractivity contribution in [2.24, 2.45) is 0 Å². The van der Waals surface area contributed by atoms with Gasteiger partial charge in [0.25, 0.3) is 5.91 Å². The largest absolute Gasteiger partial charge is 0.454 e. The molecule has 5 nitrogen and oxygen atoms in total. The van der Waals surface area contributed by atoms with Gasteiger partial charge in [-0.25, -0.2) is 0 Å². The highest BCUT2D eigenvalue weighted by Crippen LogP contribution is 2.34. The van der Waals surface area contributed by atoms with E-state index in [1.54, 1.807) is 12.1 Å². The fourth-order valence-electron chi connectivity index (χ4n) is 3.16. The Hall–Kier alpha value is -3.31. The van der Waals surface area contributed by atoms with Crippen LogP contribution in [0.1, 0.15) is 28.4 Å². The van der Waals surface area contributed by atoms with Gasteiger partial charge in [0.1, 0.15) is 0 Å². The minimum absolute atomic E-state index is 0.155. The number of ether oxygens (including phenoxy) is 2. The van der Waals surface area contributed by atoms with Gasteiger partial charge in [-0.2, -0.15) is 0 Å². The van der Waals surface area contributed by atoms with Crippen molar-refractivity contribution in [1.82, 2.24) is 5.32 Å². The van der Waals surface area contributed by atoms with Gasteiger partial charge in [0.15, 0.2) is 11.5 Å². The van der Waals surface area contributed by atoms with Crippen molar-refractivity contribution in [2.45, 2.75) is 12.5 Å². The van der Waals surface area contributed by atoms with Crippen LogP contribution < -0.4 is 14.8 Å². The van der Waals surface area contributed by atoms with E-state index in [2.05, 4.69) is 5.32 Å². The van der Waals surface area contributed by atoms with Crippen LogP contribution in [-0.4, -0.2) is 24.4 Å².